The van der Waals surface area contributed by atoms with E-state index in [-0.39, 0.29) is 11.9 Å². The van der Waals surface area contributed by atoms with Gasteiger partial charge >= 0.3 is 6.03 Å². The average Bonchev–Trinajstić information content (AvgIpc) is 2.94. The van der Waals surface area contributed by atoms with Gasteiger partial charge in [0.05, 0.1) is 13.1 Å². The van der Waals surface area contributed by atoms with Crippen LogP contribution in [0.15, 0.2) is 24.3 Å². The fourth-order valence-electron chi connectivity index (χ4n) is 2.95. The fraction of sp³-hybridized carbons (Fsp3) is 0.375. The van der Waals surface area contributed by atoms with Crippen molar-refractivity contribution in [3.05, 3.63) is 35.9 Å². The third-order valence-corrected chi connectivity index (χ3v) is 4.34. The van der Waals surface area contributed by atoms with Gasteiger partial charge in [0, 0.05) is 30.9 Å². The SMILES string of the molecule is Cc1nc2n(n1)CCN(C(=O)Nc1ccc(N3CCC3=O)cc1)C2. The van der Waals surface area contributed by atoms with E-state index in [9.17, 15) is 9.59 Å². The molecule has 0 bridgehead atoms. The molecule has 124 valence electrons. The second kappa shape index (κ2) is 5.63. The van der Waals surface area contributed by atoms with Crippen LogP contribution in [-0.2, 0) is 17.9 Å². The Kier molecular flexibility index (Phi) is 3.44. The fourth-order valence-corrected chi connectivity index (χ4v) is 2.95. The second-order valence-electron chi connectivity index (χ2n) is 5.99. The first-order chi connectivity index (χ1) is 11.6. The van der Waals surface area contributed by atoms with Crippen LogP contribution in [0.2, 0.25) is 0 Å². The number of β-lactam (4-membered cyclic amide) rings is 1. The van der Waals surface area contributed by atoms with E-state index in [2.05, 4.69) is 15.4 Å². The number of fused-ring (bicyclic) bond motifs is 1. The summed E-state index contributed by atoms with van der Waals surface area (Å²) in [7, 11) is 0. The summed E-state index contributed by atoms with van der Waals surface area (Å²) in [5.41, 5.74) is 1.57. The van der Waals surface area contributed by atoms with E-state index in [1.165, 1.54) is 0 Å². The molecule has 1 N–H and O–H groups in total. The van der Waals surface area contributed by atoms with Crippen molar-refractivity contribution in [2.24, 2.45) is 0 Å². The molecule has 4 rings (SSSR count). The van der Waals surface area contributed by atoms with Crippen LogP contribution < -0.4 is 10.2 Å². The predicted octanol–water partition coefficient (Wildman–Crippen LogP) is 1.37. The summed E-state index contributed by atoms with van der Waals surface area (Å²) in [6.45, 7) is 4.31. The molecule has 1 aromatic carbocycles. The Labute approximate surface area is 139 Å². The van der Waals surface area contributed by atoms with Crippen molar-refractivity contribution in [3.8, 4) is 0 Å². The highest BCUT2D eigenvalue weighted by Gasteiger charge is 2.25. The third-order valence-electron chi connectivity index (χ3n) is 4.34. The normalized spacial score (nSPS) is 16.6. The summed E-state index contributed by atoms with van der Waals surface area (Å²) < 4.78 is 1.85. The van der Waals surface area contributed by atoms with Gasteiger partial charge in [0.25, 0.3) is 0 Å². The van der Waals surface area contributed by atoms with Gasteiger partial charge in [0.1, 0.15) is 11.6 Å². The van der Waals surface area contributed by atoms with Crippen LogP contribution in [0.4, 0.5) is 16.2 Å². The largest absolute Gasteiger partial charge is 0.322 e. The average molecular weight is 326 g/mol. The minimum Gasteiger partial charge on any atom is -0.315 e. The lowest BCUT2D eigenvalue weighted by molar-refractivity contribution is -0.122. The van der Waals surface area contributed by atoms with Crippen molar-refractivity contribution in [2.45, 2.75) is 26.4 Å². The molecule has 0 radical (unpaired) electrons. The number of nitrogens with zero attached hydrogens (tertiary/aromatic N) is 5. The maximum Gasteiger partial charge on any atom is 0.322 e. The second-order valence-corrected chi connectivity index (χ2v) is 5.99. The first-order valence-electron chi connectivity index (χ1n) is 7.97. The van der Waals surface area contributed by atoms with Gasteiger partial charge < -0.3 is 15.1 Å². The number of aromatic nitrogens is 3. The number of carbonyl (C=O) groups excluding carboxylic acids is 2. The molecule has 2 aromatic rings. The van der Waals surface area contributed by atoms with Crippen LogP contribution >= 0.6 is 0 Å². The van der Waals surface area contributed by atoms with Gasteiger partial charge in [-0.1, -0.05) is 0 Å². The molecule has 2 aliphatic heterocycles. The monoisotopic (exact) mass is 326 g/mol. The smallest absolute Gasteiger partial charge is 0.315 e. The van der Waals surface area contributed by atoms with E-state index in [1.807, 2.05) is 35.9 Å². The molecular weight excluding hydrogens is 308 g/mol. The molecule has 3 heterocycles. The Balaban J connectivity index is 1.40. The van der Waals surface area contributed by atoms with E-state index in [0.29, 0.717) is 31.7 Å². The zero-order valence-electron chi connectivity index (χ0n) is 13.4. The Morgan fingerprint density at radius 3 is 2.62 bits per heavy atom. The van der Waals surface area contributed by atoms with Gasteiger partial charge in [0.15, 0.2) is 0 Å². The van der Waals surface area contributed by atoms with Crippen LogP contribution in [0.1, 0.15) is 18.1 Å². The molecule has 0 unspecified atom stereocenters. The number of urea groups is 1. The topological polar surface area (TPSA) is 83.4 Å². The highest BCUT2D eigenvalue weighted by atomic mass is 16.2. The zero-order valence-corrected chi connectivity index (χ0v) is 13.4. The molecule has 3 amide bonds. The summed E-state index contributed by atoms with van der Waals surface area (Å²) in [6, 6.07) is 7.17. The van der Waals surface area contributed by atoms with Crippen LogP contribution in [0.25, 0.3) is 0 Å². The van der Waals surface area contributed by atoms with E-state index >= 15 is 0 Å². The number of hydrogen-bond acceptors (Lipinski definition) is 4. The summed E-state index contributed by atoms with van der Waals surface area (Å²) in [5.74, 6) is 1.67. The van der Waals surface area contributed by atoms with E-state index in [1.54, 1.807) is 9.80 Å². The summed E-state index contributed by atoms with van der Waals surface area (Å²) in [6.07, 6.45) is 0.609. The molecule has 0 spiro atoms. The minimum absolute atomic E-state index is 0.138. The van der Waals surface area contributed by atoms with Crippen LogP contribution in [0.5, 0.6) is 0 Å². The highest BCUT2D eigenvalue weighted by Crippen LogP contribution is 2.23. The minimum atomic E-state index is -0.158. The van der Waals surface area contributed by atoms with Crippen LogP contribution in [0.3, 0.4) is 0 Å². The van der Waals surface area contributed by atoms with Gasteiger partial charge in [-0.25, -0.2) is 14.5 Å². The molecule has 0 atom stereocenters. The lowest BCUT2D eigenvalue weighted by Gasteiger charge is -2.30. The highest BCUT2D eigenvalue weighted by molar-refractivity contribution is 5.99. The summed E-state index contributed by atoms with van der Waals surface area (Å²) >= 11 is 0. The number of aryl methyl sites for hydroxylation is 1. The number of nitrogens with one attached hydrogen (secondary N) is 1. The van der Waals surface area contributed by atoms with E-state index in [4.69, 9.17) is 0 Å². The molecule has 0 saturated carbocycles. The van der Waals surface area contributed by atoms with Crippen molar-refractivity contribution in [1.82, 2.24) is 19.7 Å². The molecule has 1 fully saturated rings. The number of rotatable bonds is 2. The van der Waals surface area contributed by atoms with Gasteiger partial charge in [0.2, 0.25) is 5.91 Å². The lowest BCUT2D eigenvalue weighted by atomic mass is 10.1. The Hall–Kier alpha value is -2.90. The standard InChI is InChI=1S/C16H18N6O2/c1-11-17-14-10-20(8-9-22(14)19-11)16(24)18-12-2-4-13(5-3-12)21-7-6-15(21)23/h2-5H,6-10H2,1H3,(H,18,24). The first kappa shape index (κ1) is 14.7. The number of anilines is 2. The molecular formula is C16H18N6O2. The van der Waals surface area contributed by atoms with E-state index < -0.39 is 0 Å². The molecule has 8 nitrogen and oxygen atoms in total. The van der Waals surface area contributed by atoms with Crippen LogP contribution in [-0.4, -0.2) is 44.7 Å². The number of benzene rings is 1. The first-order valence-corrected chi connectivity index (χ1v) is 7.97. The van der Waals surface area contributed by atoms with Gasteiger partial charge in [-0.2, -0.15) is 5.10 Å². The van der Waals surface area contributed by atoms with Crippen LogP contribution in [0, 0.1) is 6.92 Å². The molecule has 24 heavy (non-hydrogen) atoms. The maximum atomic E-state index is 12.4. The quantitative estimate of drug-likeness (QED) is 0.845. The number of carbonyl (C=O) groups is 2. The van der Waals surface area contributed by atoms with Gasteiger partial charge in [-0.05, 0) is 31.2 Å². The Bertz CT molecular complexity index is 797. The zero-order chi connectivity index (χ0) is 16.7. The summed E-state index contributed by atoms with van der Waals surface area (Å²) in [5, 5.41) is 7.18. The molecule has 1 saturated heterocycles. The molecule has 8 heteroatoms. The summed E-state index contributed by atoms with van der Waals surface area (Å²) in [4.78, 5) is 31.6. The predicted molar refractivity (Wildman–Crippen MR) is 87.6 cm³/mol. The molecule has 1 aromatic heterocycles. The Morgan fingerprint density at radius 1 is 1.17 bits per heavy atom. The molecule has 0 aliphatic carbocycles. The molecule has 2 aliphatic rings. The Morgan fingerprint density at radius 2 is 1.96 bits per heavy atom. The third kappa shape index (κ3) is 2.60. The number of amides is 3. The van der Waals surface area contributed by atoms with Crippen molar-refractivity contribution < 1.29 is 9.59 Å². The van der Waals surface area contributed by atoms with Gasteiger partial charge in [-0.3, -0.25) is 4.79 Å². The maximum absolute atomic E-state index is 12.4. The van der Waals surface area contributed by atoms with E-state index in [0.717, 1.165) is 23.9 Å². The van der Waals surface area contributed by atoms with Gasteiger partial charge in [-0.15, -0.1) is 0 Å². The van der Waals surface area contributed by atoms with Crippen molar-refractivity contribution in [3.63, 3.8) is 0 Å². The lowest BCUT2D eigenvalue weighted by Crippen LogP contribution is -2.43. The van der Waals surface area contributed by atoms with Crippen molar-refractivity contribution >= 4 is 23.3 Å². The number of hydrogen-bond donors (Lipinski definition) is 1. The van der Waals surface area contributed by atoms with Crippen molar-refractivity contribution in [1.29, 1.82) is 0 Å². The van der Waals surface area contributed by atoms with Crippen molar-refractivity contribution in [2.75, 3.05) is 23.3 Å².